The number of amides is 1. The Balaban J connectivity index is 2.05. The maximum Gasteiger partial charge on any atom is 0.339 e. The number of nitrogens with two attached hydrogens (primary N) is 1. The summed E-state index contributed by atoms with van der Waals surface area (Å²) in [5.41, 5.74) is 6.73. The zero-order chi connectivity index (χ0) is 13.8. The van der Waals surface area contributed by atoms with Gasteiger partial charge in [-0.15, -0.1) is 11.8 Å². The standard InChI is InChI=1S/C13H16N2O3S/c1-18-13(17)9-3-2-4-10(14)12(9)19-7-11(16)15-8-5-6-8/h2-4,8H,5-7,14H2,1H3,(H,15,16). The third-order valence-corrected chi connectivity index (χ3v) is 3.89. The third kappa shape index (κ3) is 3.64. The Kier molecular flexibility index (Phi) is 4.31. The summed E-state index contributed by atoms with van der Waals surface area (Å²) in [5.74, 6) is -0.238. The lowest BCUT2D eigenvalue weighted by Crippen LogP contribution is -2.27. The van der Waals surface area contributed by atoms with E-state index in [2.05, 4.69) is 5.32 Å². The fourth-order valence-corrected chi connectivity index (χ4v) is 2.52. The quantitative estimate of drug-likeness (QED) is 0.484. The molecule has 0 unspecified atom stereocenters. The summed E-state index contributed by atoms with van der Waals surface area (Å²) in [5, 5.41) is 2.89. The smallest absolute Gasteiger partial charge is 0.339 e. The molecule has 1 amide bonds. The largest absolute Gasteiger partial charge is 0.465 e. The van der Waals surface area contributed by atoms with Crippen molar-refractivity contribution in [3.63, 3.8) is 0 Å². The number of hydrogen-bond acceptors (Lipinski definition) is 5. The van der Waals surface area contributed by atoms with Gasteiger partial charge >= 0.3 is 5.97 Å². The summed E-state index contributed by atoms with van der Waals surface area (Å²) >= 11 is 1.26. The first-order valence-electron chi connectivity index (χ1n) is 6.00. The van der Waals surface area contributed by atoms with Gasteiger partial charge in [-0.25, -0.2) is 4.79 Å². The maximum atomic E-state index is 11.6. The molecule has 1 aromatic carbocycles. The van der Waals surface area contributed by atoms with E-state index >= 15 is 0 Å². The SMILES string of the molecule is COC(=O)c1cccc(N)c1SCC(=O)NC1CC1. The van der Waals surface area contributed by atoms with Crippen LogP contribution in [-0.4, -0.2) is 30.8 Å². The molecule has 0 saturated heterocycles. The molecule has 6 heteroatoms. The van der Waals surface area contributed by atoms with Crippen LogP contribution in [-0.2, 0) is 9.53 Å². The summed E-state index contributed by atoms with van der Waals surface area (Å²) in [6.45, 7) is 0. The Hall–Kier alpha value is -1.69. The van der Waals surface area contributed by atoms with Crippen LogP contribution in [0.15, 0.2) is 23.1 Å². The predicted octanol–water partition coefficient (Wildman–Crippen LogP) is 1.43. The minimum Gasteiger partial charge on any atom is -0.465 e. The highest BCUT2D eigenvalue weighted by atomic mass is 32.2. The second-order valence-electron chi connectivity index (χ2n) is 4.35. The highest BCUT2D eigenvalue weighted by Gasteiger charge is 2.23. The number of carbonyl (C=O) groups is 2. The van der Waals surface area contributed by atoms with Crippen molar-refractivity contribution in [2.75, 3.05) is 18.6 Å². The highest BCUT2D eigenvalue weighted by molar-refractivity contribution is 8.00. The Bertz CT molecular complexity index is 501. The lowest BCUT2D eigenvalue weighted by molar-refractivity contribution is -0.118. The molecule has 0 aliphatic heterocycles. The van der Waals surface area contributed by atoms with Crippen molar-refractivity contribution in [2.24, 2.45) is 0 Å². The average Bonchev–Trinajstić information content (AvgIpc) is 3.20. The maximum absolute atomic E-state index is 11.6. The zero-order valence-electron chi connectivity index (χ0n) is 10.6. The number of carbonyl (C=O) groups excluding carboxylic acids is 2. The van der Waals surface area contributed by atoms with Crippen LogP contribution >= 0.6 is 11.8 Å². The number of nitrogens with one attached hydrogen (secondary N) is 1. The van der Waals surface area contributed by atoms with Gasteiger partial charge in [-0.2, -0.15) is 0 Å². The van der Waals surface area contributed by atoms with Crippen LogP contribution in [0.25, 0.3) is 0 Å². The van der Waals surface area contributed by atoms with E-state index in [0.29, 0.717) is 22.2 Å². The minimum absolute atomic E-state index is 0.0356. The van der Waals surface area contributed by atoms with Crippen molar-refractivity contribution in [3.8, 4) is 0 Å². The molecule has 102 valence electrons. The highest BCUT2D eigenvalue weighted by Crippen LogP contribution is 2.29. The van der Waals surface area contributed by atoms with Crippen LogP contribution in [0.1, 0.15) is 23.2 Å². The number of nitrogen functional groups attached to an aromatic ring is 1. The molecular formula is C13H16N2O3S. The number of benzene rings is 1. The first-order valence-corrected chi connectivity index (χ1v) is 6.99. The Morgan fingerprint density at radius 3 is 2.84 bits per heavy atom. The Morgan fingerprint density at radius 2 is 2.21 bits per heavy atom. The summed E-state index contributed by atoms with van der Waals surface area (Å²) in [6.07, 6.45) is 2.11. The normalized spacial score (nSPS) is 13.9. The van der Waals surface area contributed by atoms with E-state index in [1.54, 1.807) is 18.2 Å². The van der Waals surface area contributed by atoms with Crippen molar-refractivity contribution in [3.05, 3.63) is 23.8 Å². The number of anilines is 1. The van der Waals surface area contributed by atoms with Crippen LogP contribution in [0.2, 0.25) is 0 Å². The molecule has 3 N–H and O–H groups in total. The van der Waals surface area contributed by atoms with Gasteiger partial charge in [-0.1, -0.05) is 6.07 Å². The first kappa shape index (κ1) is 13.7. The van der Waals surface area contributed by atoms with Gasteiger partial charge in [0.1, 0.15) is 0 Å². The fraction of sp³-hybridized carbons (Fsp3) is 0.385. The number of rotatable bonds is 5. The second-order valence-corrected chi connectivity index (χ2v) is 5.33. The topological polar surface area (TPSA) is 81.4 Å². The van der Waals surface area contributed by atoms with E-state index < -0.39 is 5.97 Å². The summed E-state index contributed by atoms with van der Waals surface area (Å²) < 4.78 is 4.70. The first-order chi connectivity index (χ1) is 9.11. The van der Waals surface area contributed by atoms with E-state index in [1.165, 1.54) is 18.9 Å². The Morgan fingerprint density at radius 1 is 1.47 bits per heavy atom. The van der Waals surface area contributed by atoms with Gasteiger partial charge in [0.2, 0.25) is 5.91 Å². The molecule has 1 aromatic rings. The van der Waals surface area contributed by atoms with Crippen LogP contribution < -0.4 is 11.1 Å². The third-order valence-electron chi connectivity index (χ3n) is 2.74. The molecular weight excluding hydrogens is 264 g/mol. The molecule has 1 fully saturated rings. The molecule has 0 bridgehead atoms. The van der Waals surface area contributed by atoms with E-state index in [-0.39, 0.29) is 11.7 Å². The van der Waals surface area contributed by atoms with Gasteiger partial charge in [-0.05, 0) is 25.0 Å². The van der Waals surface area contributed by atoms with Crippen LogP contribution in [0, 0.1) is 0 Å². The summed E-state index contributed by atoms with van der Waals surface area (Å²) in [7, 11) is 1.32. The van der Waals surface area contributed by atoms with E-state index in [4.69, 9.17) is 10.5 Å². The fourth-order valence-electron chi connectivity index (χ4n) is 1.62. The molecule has 5 nitrogen and oxygen atoms in total. The van der Waals surface area contributed by atoms with Crippen molar-refractivity contribution in [1.29, 1.82) is 0 Å². The van der Waals surface area contributed by atoms with Crippen LogP contribution in [0.3, 0.4) is 0 Å². The van der Waals surface area contributed by atoms with Gasteiger partial charge < -0.3 is 15.8 Å². The number of methoxy groups -OCH3 is 1. The van der Waals surface area contributed by atoms with Crippen LogP contribution in [0.5, 0.6) is 0 Å². The summed E-state index contributed by atoms with van der Waals surface area (Å²) in [6, 6.07) is 5.37. The van der Waals surface area contributed by atoms with Crippen molar-refractivity contribution in [1.82, 2.24) is 5.32 Å². The lowest BCUT2D eigenvalue weighted by Gasteiger charge is -2.10. The average molecular weight is 280 g/mol. The van der Waals surface area contributed by atoms with Gasteiger partial charge in [0, 0.05) is 16.6 Å². The molecule has 0 radical (unpaired) electrons. The van der Waals surface area contributed by atoms with Gasteiger partial charge in [0.25, 0.3) is 0 Å². The number of thioether (sulfide) groups is 1. The zero-order valence-corrected chi connectivity index (χ0v) is 11.5. The molecule has 19 heavy (non-hydrogen) atoms. The molecule has 1 saturated carbocycles. The minimum atomic E-state index is -0.447. The molecule has 0 atom stereocenters. The van der Waals surface area contributed by atoms with Crippen molar-refractivity contribution >= 4 is 29.3 Å². The molecule has 2 rings (SSSR count). The van der Waals surface area contributed by atoms with Crippen LogP contribution in [0.4, 0.5) is 5.69 Å². The molecule has 1 aliphatic carbocycles. The van der Waals surface area contributed by atoms with Crippen molar-refractivity contribution in [2.45, 2.75) is 23.8 Å². The monoisotopic (exact) mass is 280 g/mol. The number of ether oxygens (including phenoxy) is 1. The molecule has 1 aliphatic rings. The van der Waals surface area contributed by atoms with E-state index in [9.17, 15) is 9.59 Å². The van der Waals surface area contributed by atoms with E-state index in [0.717, 1.165) is 12.8 Å². The second kappa shape index (κ2) is 5.97. The van der Waals surface area contributed by atoms with Gasteiger partial charge in [0.05, 0.1) is 18.4 Å². The Labute approximate surface area is 115 Å². The molecule has 0 heterocycles. The van der Waals surface area contributed by atoms with E-state index in [1.807, 2.05) is 0 Å². The lowest BCUT2D eigenvalue weighted by atomic mass is 10.2. The van der Waals surface area contributed by atoms with Gasteiger partial charge in [0.15, 0.2) is 0 Å². The number of esters is 1. The summed E-state index contributed by atoms with van der Waals surface area (Å²) in [4.78, 5) is 23.9. The predicted molar refractivity (Wildman–Crippen MR) is 74.1 cm³/mol. The number of hydrogen-bond donors (Lipinski definition) is 2. The van der Waals surface area contributed by atoms with Gasteiger partial charge in [-0.3, -0.25) is 4.79 Å². The molecule has 0 spiro atoms. The van der Waals surface area contributed by atoms with Crippen molar-refractivity contribution < 1.29 is 14.3 Å². The molecule has 0 aromatic heterocycles.